The van der Waals surface area contributed by atoms with E-state index in [0.29, 0.717) is 12.3 Å². The van der Waals surface area contributed by atoms with Crippen molar-refractivity contribution in [3.05, 3.63) is 96.6 Å². The Morgan fingerprint density at radius 3 is 2.18 bits per heavy atom. The van der Waals surface area contributed by atoms with Crippen LogP contribution in [0.3, 0.4) is 0 Å². The minimum atomic E-state index is -1.24. The van der Waals surface area contributed by atoms with Crippen molar-refractivity contribution in [3.8, 4) is 5.75 Å². The summed E-state index contributed by atoms with van der Waals surface area (Å²) in [6.07, 6.45) is 3.74. The summed E-state index contributed by atoms with van der Waals surface area (Å²) in [6, 6.07) is 19.1. The van der Waals surface area contributed by atoms with Crippen LogP contribution in [0.25, 0.3) is 0 Å². The molecule has 3 aliphatic heterocycles. The Morgan fingerprint density at radius 1 is 0.961 bits per heavy atom. The van der Waals surface area contributed by atoms with E-state index in [0.717, 1.165) is 49.3 Å². The number of nitrogens with zero attached hydrogens (tertiary/aromatic N) is 7. The Labute approximate surface area is 297 Å². The summed E-state index contributed by atoms with van der Waals surface area (Å²) in [5.41, 5.74) is 1.91. The molecule has 270 valence electrons. The average Bonchev–Trinajstić information content (AvgIpc) is 3.87. The highest BCUT2D eigenvalue weighted by molar-refractivity contribution is 7.84. The highest BCUT2D eigenvalue weighted by Crippen LogP contribution is 2.37. The van der Waals surface area contributed by atoms with E-state index in [-0.39, 0.29) is 42.8 Å². The number of hydrogen-bond acceptors (Lipinski definition) is 9. The number of carbonyl (C=O) groups is 1. The first kappa shape index (κ1) is 34.8. The molecular weight excluding hydrogens is 681 g/mol. The van der Waals surface area contributed by atoms with Gasteiger partial charge in [0, 0.05) is 78.0 Å². The molecule has 2 unspecified atom stereocenters. The van der Waals surface area contributed by atoms with Crippen molar-refractivity contribution in [2.45, 2.75) is 43.7 Å². The molecular formula is C36H41F2N7O5S. The van der Waals surface area contributed by atoms with Crippen molar-refractivity contribution < 1.29 is 32.0 Å². The van der Waals surface area contributed by atoms with Crippen LogP contribution in [0, 0.1) is 11.6 Å². The molecule has 4 atom stereocenters. The molecule has 3 fully saturated rings. The topological polar surface area (TPSA) is 106 Å². The predicted molar refractivity (Wildman–Crippen MR) is 189 cm³/mol. The SMILES string of the molecule is CC(C)N1C(=O)N(c2ccc(N3CCN(c4ccc(OC[C@H]5OC[C@](Cn6cncn6)(c6ccc(F)cc6F)O5)cc4)CC3)cc2)CC1S(C)=O. The first-order chi connectivity index (χ1) is 24.6. The summed E-state index contributed by atoms with van der Waals surface area (Å²) < 4.78 is 60.6. The Kier molecular flexibility index (Phi) is 9.94. The van der Waals surface area contributed by atoms with Gasteiger partial charge in [-0.2, -0.15) is 5.10 Å². The van der Waals surface area contributed by atoms with Gasteiger partial charge in [0.05, 0.1) is 19.7 Å². The van der Waals surface area contributed by atoms with Crippen LogP contribution < -0.4 is 19.4 Å². The van der Waals surface area contributed by atoms with E-state index >= 15 is 0 Å². The second kappa shape index (κ2) is 14.6. The lowest BCUT2D eigenvalue weighted by molar-refractivity contribution is -0.117. The van der Waals surface area contributed by atoms with Crippen LogP contribution in [-0.2, 0) is 32.4 Å². The molecule has 1 aromatic heterocycles. The molecule has 0 bridgehead atoms. The molecule has 0 N–H and O–H groups in total. The van der Waals surface area contributed by atoms with Gasteiger partial charge in [-0.25, -0.2) is 23.2 Å². The van der Waals surface area contributed by atoms with E-state index in [9.17, 15) is 17.8 Å². The van der Waals surface area contributed by atoms with E-state index in [1.165, 1.54) is 29.5 Å². The van der Waals surface area contributed by atoms with Crippen molar-refractivity contribution in [1.29, 1.82) is 0 Å². The number of ether oxygens (including phenoxy) is 3. The third-order valence-corrected chi connectivity index (χ3v) is 10.7. The van der Waals surface area contributed by atoms with E-state index in [2.05, 4.69) is 19.9 Å². The second-order valence-electron chi connectivity index (χ2n) is 13.2. The Bertz CT molecular complexity index is 1840. The Hall–Kier alpha value is -4.60. The Morgan fingerprint density at radius 2 is 1.61 bits per heavy atom. The number of anilines is 3. The average molecular weight is 722 g/mol. The van der Waals surface area contributed by atoms with Gasteiger partial charge in [-0.05, 0) is 68.4 Å². The molecule has 0 spiro atoms. The van der Waals surface area contributed by atoms with Crippen molar-refractivity contribution in [2.24, 2.45) is 0 Å². The predicted octanol–water partition coefficient (Wildman–Crippen LogP) is 4.59. The number of carbonyl (C=O) groups excluding carboxylic acids is 1. The second-order valence-corrected chi connectivity index (χ2v) is 14.8. The summed E-state index contributed by atoms with van der Waals surface area (Å²) >= 11 is 0. The number of rotatable bonds is 11. The van der Waals surface area contributed by atoms with Crippen LogP contribution in [0.15, 0.2) is 79.4 Å². The van der Waals surface area contributed by atoms with E-state index < -0.39 is 34.3 Å². The molecule has 0 radical (unpaired) electrons. The first-order valence-corrected chi connectivity index (χ1v) is 18.5. The van der Waals surface area contributed by atoms with Gasteiger partial charge in [-0.15, -0.1) is 0 Å². The zero-order valence-corrected chi connectivity index (χ0v) is 29.5. The normalized spacial score (nSPS) is 23.1. The van der Waals surface area contributed by atoms with Crippen molar-refractivity contribution in [1.82, 2.24) is 19.7 Å². The van der Waals surface area contributed by atoms with Crippen LogP contribution in [0.2, 0.25) is 0 Å². The van der Waals surface area contributed by atoms with Gasteiger partial charge < -0.3 is 28.9 Å². The Balaban J connectivity index is 0.917. The zero-order chi connectivity index (χ0) is 35.7. The summed E-state index contributed by atoms with van der Waals surface area (Å²) in [6.45, 7) is 7.85. The lowest BCUT2D eigenvalue weighted by Gasteiger charge is -2.37. The maximum Gasteiger partial charge on any atom is 0.325 e. The highest BCUT2D eigenvalue weighted by Gasteiger charge is 2.46. The zero-order valence-electron chi connectivity index (χ0n) is 28.7. The van der Waals surface area contributed by atoms with Crippen LogP contribution in [0.4, 0.5) is 30.6 Å². The molecule has 0 saturated carbocycles. The van der Waals surface area contributed by atoms with Crippen LogP contribution in [-0.4, -0.2) is 99.8 Å². The number of benzene rings is 3. The van der Waals surface area contributed by atoms with Gasteiger partial charge in [0.15, 0.2) is 6.29 Å². The van der Waals surface area contributed by atoms with E-state index in [1.54, 1.807) is 16.1 Å². The number of aromatic nitrogens is 3. The van der Waals surface area contributed by atoms with Crippen molar-refractivity contribution in [3.63, 3.8) is 0 Å². The number of hydrogen-bond donors (Lipinski definition) is 0. The van der Waals surface area contributed by atoms with Crippen molar-refractivity contribution >= 4 is 33.9 Å². The maximum absolute atomic E-state index is 14.9. The number of halogens is 2. The molecule has 12 nitrogen and oxygen atoms in total. The van der Waals surface area contributed by atoms with Gasteiger partial charge in [-0.1, -0.05) is 6.07 Å². The fourth-order valence-corrected chi connectivity index (χ4v) is 7.99. The molecule has 3 saturated heterocycles. The smallest absolute Gasteiger partial charge is 0.325 e. The van der Waals surface area contributed by atoms with Crippen LogP contribution in [0.5, 0.6) is 5.75 Å². The van der Waals surface area contributed by atoms with E-state index in [4.69, 9.17) is 14.2 Å². The minimum absolute atomic E-state index is 0.0240. The van der Waals surface area contributed by atoms with Gasteiger partial charge in [0.25, 0.3) is 0 Å². The molecule has 3 aromatic carbocycles. The van der Waals surface area contributed by atoms with Crippen LogP contribution in [0.1, 0.15) is 19.4 Å². The lowest BCUT2D eigenvalue weighted by atomic mass is 9.94. The summed E-state index contributed by atoms with van der Waals surface area (Å²) in [5, 5.41) is 3.81. The minimum Gasteiger partial charge on any atom is -0.488 e. The van der Waals surface area contributed by atoms with Gasteiger partial charge in [0.1, 0.15) is 47.6 Å². The standard InChI is InChI=1S/C36H41F2N7O5S/c1-25(2)45-33(51(3)47)19-44(35(45)46)29-7-5-27(6-8-29)41-14-16-42(17-15-41)28-9-11-30(12-10-28)48-20-34-49-22-36(50-34,21-43-24-39-23-40-43)31-13-4-26(37)18-32(31)38/h4-13,18,23-25,33-34H,14-17,19-22H2,1-3H3/t33?,34-,36+,51?/m0/s1. The van der Waals surface area contributed by atoms with Crippen molar-refractivity contribution in [2.75, 3.05) is 66.9 Å². The fraction of sp³-hybridized carbons (Fsp3) is 0.417. The van der Waals surface area contributed by atoms with Gasteiger partial charge >= 0.3 is 6.03 Å². The largest absolute Gasteiger partial charge is 0.488 e. The van der Waals surface area contributed by atoms with Gasteiger partial charge in [-0.3, -0.25) is 9.11 Å². The summed E-state index contributed by atoms with van der Waals surface area (Å²) in [5.74, 6) is -0.770. The maximum atomic E-state index is 14.9. The number of amides is 2. The summed E-state index contributed by atoms with van der Waals surface area (Å²) in [7, 11) is -1.14. The monoisotopic (exact) mass is 721 g/mol. The highest BCUT2D eigenvalue weighted by atomic mass is 32.2. The molecule has 7 rings (SSSR count). The number of urea groups is 1. The third kappa shape index (κ3) is 7.28. The molecule has 0 aliphatic carbocycles. The van der Waals surface area contributed by atoms with Gasteiger partial charge in [0.2, 0.25) is 0 Å². The molecule has 15 heteroatoms. The molecule has 3 aliphatic rings. The summed E-state index contributed by atoms with van der Waals surface area (Å²) in [4.78, 5) is 25.2. The van der Waals surface area contributed by atoms with E-state index in [1.807, 2.05) is 62.4 Å². The molecule has 4 heterocycles. The molecule has 51 heavy (non-hydrogen) atoms. The molecule has 2 amide bonds. The third-order valence-electron chi connectivity index (χ3n) is 9.60. The quantitative estimate of drug-likeness (QED) is 0.220. The fourth-order valence-electron chi connectivity index (χ4n) is 6.98. The first-order valence-electron chi connectivity index (χ1n) is 16.9. The number of piperazine rings is 1. The van der Waals surface area contributed by atoms with Crippen LogP contribution >= 0.6 is 0 Å². The lowest BCUT2D eigenvalue weighted by Crippen LogP contribution is -2.46. The molecule has 4 aromatic rings.